The highest BCUT2D eigenvalue weighted by atomic mass is 28.3. The van der Waals surface area contributed by atoms with Crippen LogP contribution in [0.1, 0.15) is 22.3 Å². The molecule has 0 radical (unpaired) electrons. The molecule has 254 valence electrons. The molecule has 0 amide bonds. The average molecular weight is 700 g/mol. The van der Waals surface area contributed by atoms with Crippen molar-refractivity contribution < 1.29 is 0 Å². The summed E-state index contributed by atoms with van der Waals surface area (Å²) in [5.74, 6) is 0. The van der Waals surface area contributed by atoms with Gasteiger partial charge in [0.2, 0.25) is 0 Å². The number of rotatable bonds is 7. The van der Waals surface area contributed by atoms with E-state index in [9.17, 15) is 0 Å². The Morgan fingerprint density at radius 2 is 1.04 bits per heavy atom. The first-order chi connectivity index (χ1) is 25.9. The van der Waals surface area contributed by atoms with Crippen molar-refractivity contribution in [3.63, 3.8) is 0 Å². The van der Waals surface area contributed by atoms with E-state index in [-0.39, 0.29) is 0 Å². The smallest absolute Gasteiger partial charge is 0.115 e. The minimum absolute atomic E-state index is 0.529. The van der Waals surface area contributed by atoms with Crippen LogP contribution < -0.4 is 5.19 Å². The van der Waals surface area contributed by atoms with E-state index in [0.717, 1.165) is 39.2 Å². The van der Waals surface area contributed by atoms with E-state index in [1.165, 1.54) is 44.1 Å². The molecule has 0 spiro atoms. The van der Waals surface area contributed by atoms with Gasteiger partial charge in [0.1, 0.15) is 6.33 Å². The number of hydrogen-bond donors (Lipinski definition) is 0. The summed E-state index contributed by atoms with van der Waals surface area (Å²) < 4.78 is 0. The fraction of sp³-hybridized carbons (Fsp3) is 0.0851. The zero-order valence-electron chi connectivity index (χ0n) is 29.9. The zero-order chi connectivity index (χ0) is 36.0. The molecule has 4 heterocycles. The first kappa shape index (κ1) is 32.5. The van der Waals surface area contributed by atoms with Crippen molar-refractivity contribution in [3.8, 4) is 55.9 Å². The monoisotopic (exact) mass is 699 g/mol. The number of nitrogens with zero attached hydrogens (tertiary/aromatic N) is 5. The summed E-state index contributed by atoms with van der Waals surface area (Å²) in [5, 5.41) is 1.44. The molecule has 1 aliphatic carbocycles. The van der Waals surface area contributed by atoms with Crippen LogP contribution >= 0.6 is 0 Å². The first-order valence-electron chi connectivity index (χ1n) is 17.9. The lowest BCUT2D eigenvalue weighted by atomic mass is 9.68. The van der Waals surface area contributed by atoms with Crippen LogP contribution in [0.4, 0.5) is 0 Å². The van der Waals surface area contributed by atoms with Crippen molar-refractivity contribution >= 4 is 13.3 Å². The molecule has 0 saturated carbocycles. The molecule has 1 aliphatic rings. The number of pyridine rings is 3. The van der Waals surface area contributed by atoms with Gasteiger partial charge in [-0.3, -0.25) is 9.97 Å². The van der Waals surface area contributed by atoms with Crippen LogP contribution in [0.5, 0.6) is 0 Å². The molecule has 5 nitrogen and oxygen atoms in total. The maximum Gasteiger partial charge on any atom is 0.115 e. The summed E-state index contributed by atoms with van der Waals surface area (Å²) in [7, 11) is -1.43. The van der Waals surface area contributed by atoms with E-state index in [2.05, 4.69) is 167 Å². The Balaban J connectivity index is 1.23. The maximum absolute atomic E-state index is 5.22. The second-order valence-electron chi connectivity index (χ2n) is 14.7. The molecule has 0 N–H and O–H groups in total. The van der Waals surface area contributed by atoms with E-state index in [0.29, 0.717) is 0 Å². The highest BCUT2D eigenvalue weighted by molar-refractivity contribution is 6.88. The topological polar surface area (TPSA) is 64.5 Å². The van der Waals surface area contributed by atoms with Gasteiger partial charge in [-0.05, 0) is 98.1 Å². The molecule has 4 aromatic heterocycles. The van der Waals surface area contributed by atoms with Gasteiger partial charge in [0, 0.05) is 48.3 Å². The van der Waals surface area contributed by atoms with E-state index >= 15 is 0 Å². The molecule has 53 heavy (non-hydrogen) atoms. The molecule has 0 fully saturated rings. The van der Waals surface area contributed by atoms with Crippen molar-refractivity contribution in [3.05, 3.63) is 193 Å². The highest BCUT2D eigenvalue weighted by Crippen LogP contribution is 2.58. The molecule has 8 aromatic rings. The Labute approximate surface area is 311 Å². The molecule has 6 heteroatoms. The van der Waals surface area contributed by atoms with Crippen LogP contribution in [0.2, 0.25) is 19.6 Å². The van der Waals surface area contributed by atoms with Crippen LogP contribution in [-0.2, 0) is 5.41 Å². The summed E-state index contributed by atoms with van der Waals surface area (Å²) in [4.78, 5) is 22.6. The third kappa shape index (κ3) is 5.59. The lowest BCUT2D eigenvalue weighted by molar-refractivity contribution is 0.764. The first-order valence-corrected chi connectivity index (χ1v) is 21.4. The standard InChI is InChI=1S/C47H37N5Si/c1-53(2,3)39-16-14-32(15-17-39)35-27-44(52-45(28-35)36-29-50-31-51-30-36)34-9-6-8-33(26-34)40-11-7-13-43-46(40)41-10-4-5-12-42(41)47(43,37-18-22-48-23-19-37)38-20-24-49-25-21-38/h4-31H,1-3H3. The normalized spacial score (nSPS) is 13.0. The van der Waals surface area contributed by atoms with Gasteiger partial charge >= 0.3 is 0 Å². The fourth-order valence-electron chi connectivity index (χ4n) is 7.99. The Morgan fingerprint density at radius 1 is 0.453 bits per heavy atom. The van der Waals surface area contributed by atoms with Crippen molar-refractivity contribution in [2.45, 2.75) is 25.1 Å². The van der Waals surface area contributed by atoms with Gasteiger partial charge in [-0.1, -0.05) is 110 Å². The van der Waals surface area contributed by atoms with Gasteiger partial charge in [-0.2, -0.15) is 0 Å². The van der Waals surface area contributed by atoms with E-state index in [4.69, 9.17) is 4.98 Å². The predicted octanol–water partition coefficient (Wildman–Crippen LogP) is 10.2. The molecule has 0 unspecified atom stereocenters. The number of benzene rings is 4. The molecule has 9 rings (SSSR count). The van der Waals surface area contributed by atoms with E-state index in [1.54, 1.807) is 6.33 Å². The summed E-state index contributed by atoms with van der Waals surface area (Å²) in [6.45, 7) is 7.14. The van der Waals surface area contributed by atoms with Crippen molar-refractivity contribution in [1.82, 2.24) is 24.9 Å². The maximum atomic E-state index is 5.22. The lowest BCUT2D eigenvalue weighted by Gasteiger charge is -2.33. The summed E-state index contributed by atoms with van der Waals surface area (Å²) >= 11 is 0. The summed E-state index contributed by atoms with van der Waals surface area (Å²) in [6.07, 6.45) is 12.8. The number of aromatic nitrogens is 5. The third-order valence-corrected chi connectivity index (χ3v) is 12.6. The van der Waals surface area contributed by atoms with Crippen LogP contribution in [-0.4, -0.2) is 33.0 Å². The molecule has 0 atom stereocenters. The van der Waals surface area contributed by atoms with Gasteiger partial charge in [-0.25, -0.2) is 15.0 Å². The Bertz CT molecular complexity index is 2540. The second kappa shape index (κ2) is 13.0. The van der Waals surface area contributed by atoms with Gasteiger partial charge < -0.3 is 0 Å². The average Bonchev–Trinajstić information content (AvgIpc) is 3.53. The zero-order valence-corrected chi connectivity index (χ0v) is 30.9. The van der Waals surface area contributed by atoms with E-state index < -0.39 is 13.5 Å². The molecule has 4 aromatic carbocycles. The van der Waals surface area contributed by atoms with Crippen molar-refractivity contribution in [1.29, 1.82) is 0 Å². The minimum atomic E-state index is -1.43. The van der Waals surface area contributed by atoms with Crippen LogP contribution in [0, 0.1) is 0 Å². The van der Waals surface area contributed by atoms with E-state index in [1.807, 2.05) is 37.2 Å². The summed E-state index contributed by atoms with van der Waals surface area (Å²) in [6, 6.07) is 46.4. The molecule has 0 saturated heterocycles. The molecular formula is C47H37N5Si. The quantitative estimate of drug-likeness (QED) is 0.155. The largest absolute Gasteiger partial charge is 0.265 e. The van der Waals surface area contributed by atoms with Crippen LogP contribution in [0.15, 0.2) is 171 Å². The number of hydrogen-bond acceptors (Lipinski definition) is 5. The van der Waals surface area contributed by atoms with Gasteiger partial charge in [0.25, 0.3) is 0 Å². The Morgan fingerprint density at radius 3 is 1.72 bits per heavy atom. The van der Waals surface area contributed by atoms with Gasteiger partial charge in [0.05, 0.1) is 24.9 Å². The molecular weight excluding hydrogens is 663 g/mol. The Hall–Kier alpha value is -6.37. The minimum Gasteiger partial charge on any atom is -0.265 e. The predicted molar refractivity (Wildman–Crippen MR) is 217 cm³/mol. The SMILES string of the molecule is C[Si](C)(C)c1ccc(-c2cc(-c3cncnc3)nc(-c3cccc(-c4cccc5c4-c4ccccc4C5(c4ccncc4)c4ccncc4)c3)c2)cc1. The van der Waals surface area contributed by atoms with Crippen LogP contribution in [0.25, 0.3) is 55.9 Å². The second-order valence-corrected chi connectivity index (χ2v) is 19.7. The highest BCUT2D eigenvalue weighted by Gasteiger charge is 2.46. The Kier molecular flexibility index (Phi) is 7.97. The van der Waals surface area contributed by atoms with Gasteiger partial charge in [0.15, 0.2) is 0 Å². The van der Waals surface area contributed by atoms with Crippen LogP contribution in [0.3, 0.4) is 0 Å². The lowest BCUT2D eigenvalue weighted by Crippen LogP contribution is -2.37. The molecule has 0 aliphatic heterocycles. The van der Waals surface area contributed by atoms with Crippen molar-refractivity contribution in [2.75, 3.05) is 0 Å². The fourth-order valence-corrected chi connectivity index (χ4v) is 9.16. The van der Waals surface area contributed by atoms with Gasteiger partial charge in [-0.15, -0.1) is 0 Å². The molecule has 0 bridgehead atoms. The number of fused-ring (bicyclic) bond motifs is 3. The summed E-state index contributed by atoms with van der Waals surface area (Å²) in [5.41, 5.74) is 15.0. The van der Waals surface area contributed by atoms with Crippen molar-refractivity contribution in [2.24, 2.45) is 0 Å². The third-order valence-electron chi connectivity index (χ3n) is 10.5.